The quantitative estimate of drug-likeness (QED) is 0.601. The molecule has 3 aromatic rings. The molecule has 0 saturated carbocycles. The monoisotopic (exact) mass is 275 g/mol. The molecule has 102 valence electrons. The van der Waals surface area contributed by atoms with Gasteiger partial charge in [-0.3, -0.25) is 0 Å². The Morgan fingerprint density at radius 1 is 1.45 bits per heavy atom. The van der Waals surface area contributed by atoms with Crippen molar-refractivity contribution in [3.05, 3.63) is 34.5 Å². The Morgan fingerprint density at radius 3 is 3.00 bits per heavy atom. The summed E-state index contributed by atoms with van der Waals surface area (Å²) >= 11 is 0. The van der Waals surface area contributed by atoms with E-state index in [1.807, 2.05) is 0 Å². The number of carbonyl (C=O) groups is 1. The van der Waals surface area contributed by atoms with Crippen molar-refractivity contribution in [2.45, 2.75) is 6.92 Å². The lowest BCUT2D eigenvalue weighted by molar-refractivity contribution is 0.0587. The number of nitrogens with zero attached hydrogens (tertiary/aromatic N) is 6. The largest absolute Gasteiger partial charge is 0.463 e. The third-order valence-corrected chi connectivity index (χ3v) is 2.65. The third-order valence-electron chi connectivity index (χ3n) is 2.65. The Bertz CT molecular complexity index is 859. The number of hydrogen-bond donors (Lipinski definition) is 1. The van der Waals surface area contributed by atoms with Crippen molar-refractivity contribution in [2.24, 2.45) is 0 Å². The highest BCUT2D eigenvalue weighted by Gasteiger charge is 2.14. The maximum absolute atomic E-state index is 11.5. The van der Waals surface area contributed by atoms with Gasteiger partial charge in [-0.15, -0.1) is 5.10 Å². The van der Waals surface area contributed by atoms with Crippen molar-refractivity contribution < 1.29 is 9.53 Å². The molecule has 0 saturated heterocycles. The van der Waals surface area contributed by atoms with Crippen molar-refractivity contribution in [1.82, 2.24) is 34.3 Å². The van der Waals surface area contributed by atoms with Gasteiger partial charge in [0, 0.05) is 6.07 Å². The summed E-state index contributed by atoms with van der Waals surface area (Å²) in [5.41, 5.74) is 0.0259. The van der Waals surface area contributed by atoms with E-state index in [-0.39, 0.29) is 11.5 Å². The SMILES string of the molecule is COC(=O)c1ncn(-c2cc3n[nH]c(=O)n3c(C)n2)n1. The highest BCUT2D eigenvalue weighted by molar-refractivity contribution is 5.84. The van der Waals surface area contributed by atoms with Crippen LogP contribution in [0.2, 0.25) is 0 Å². The molecule has 1 N–H and O–H groups in total. The first-order valence-corrected chi connectivity index (χ1v) is 5.55. The first kappa shape index (κ1) is 12.0. The van der Waals surface area contributed by atoms with Gasteiger partial charge >= 0.3 is 11.7 Å². The lowest BCUT2D eigenvalue weighted by Gasteiger charge is -2.02. The number of ether oxygens (including phenoxy) is 1. The number of H-pyrrole nitrogens is 1. The number of methoxy groups -OCH3 is 1. The molecule has 3 rings (SSSR count). The first-order chi connectivity index (χ1) is 9.60. The molecule has 0 aliphatic rings. The van der Waals surface area contributed by atoms with Gasteiger partial charge in [0.2, 0.25) is 0 Å². The summed E-state index contributed by atoms with van der Waals surface area (Å²) in [6, 6.07) is 1.54. The molecular weight excluding hydrogens is 266 g/mol. The standard InChI is InChI=1S/C10H9N7O3/c1-5-12-6(3-7-13-14-10(19)17(5)7)16-4-11-8(15-16)9(18)20-2/h3-4H,1-2H3,(H,14,19). The highest BCUT2D eigenvalue weighted by Crippen LogP contribution is 2.07. The van der Waals surface area contributed by atoms with E-state index in [2.05, 4.69) is 30.0 Å². The maximum atomic E-state index is 11.5. The molecule has 0 aliphatic carbocycles. The zero-order valence-electron chi connectivity index (χ0n) is 10.6. The second kappa shape index (κ2) is 4.26. The highest BCUT2D eigenvalue weighted by atomic mass is 16.5. The number of hydrogen-bond acceptors (Lipinski definition) is 7. The van der Waals surface area contributed by atoms with Gasteiger partial charge in [0.25, 0.3) is 5.82 Å². The number of aryl methyl sites for hydroxylation is 1. The Hall–Kier alpha value is -3.04. The number of rotatable bonds is 2. The van der Waals surface area contributed by atoms with Crippen LogP contribution in [-0.4, -0.2) is 47.4 Å². The van der Waals surface area contributed by atoms with Gasteiger partial charge in [0.1, 0.15) is 12.2 Å². The van der Waals surface area contributed by atoms with E-state index in [0.29, 0.717) is 17.3 Å². The molecule has 3 heterocycles. The molecule has 3 aromatic heterocycles. The van der Waals surface area contributed by atoms with Gasteiger partial charge in [-0.05, 0) is 6.92 Å². The smallest absolute Gasteiger partial charge is 0.377 e. The number of aromatic amines is 1. The van der Waals surface area contributed by atoms with Gasteiger partial charge in [-0.2, -0.15) is 5.10 Å². The number of aromatic nitrogens is 7. The molecule has 0 atom stereocenters. The number of fused-ring (bicyclic) bond motifs is 1. The minimum absolute atomic E-state index is 0.0776. The molecule has 0 radical (unpaired) electrons. The Balaban J connectivity index is 2.12. The Labute approximate surface area is 111 Å². The predicted octanol–water partition coefficient (Wildman–Crippen LogP) is -0.907. The van der Waals surface area contributed by atoms with Crippen LogP contribution in [-0.2, 0) is 4.74 Å². The Kier molecular flexibility index (Phi) is 2.56. The third kappa shape index (κ3) is 1.74. The van der Waals surface area contributed by atoms with E-state index in [1.54, 1.807) is 13.0 Å². The molecule has 0 fully saturated rings. The zero-order chi connectivity index (χ0) is 14.3. The summed E-state index contributed by atoms with van der Waals surface area (Å²) in [7, 11) is 1.24. The van der Waals surface area contributed by atoms with Crippen LogP contribution in [0.4, 0.5) is 0 Å². The zero-order valence-corrected chi connectivity index (χ0v) is 10.6. The molecule has 0 bridgehead atoms. The molecule has 0 aromatic carbocycles. The molecule has 0 aliphatic heterocycles. The van der Waals surface area contributed by atoms with E-state index in [9.17, 15) is 9.59 Å². The van der Waals surface area contributed by atoms with Crippen LogP contribution >= 0.6 is 0 Å². The number of nitrogens with one attached hydrogen (secondary N) is 1. The van der Waals surface area contributed by atoms with E-state index >= 15 is 0 Å². The van der Waals surface area contributed by atoms with E-state index in [4.69, 9.17) is 0 Å². The van der Waals surface area contributed by atoms with Crippen molar-refractivity contribution in [3.8, 4) is 5.82 Å². The summed E-state index contributed by atoms with van der Waals surface area (Å²) in [6.07, 6.45) is 1.33. The topological polar surface area (TPSA) is 120 Å². The van der Waals surface area contributed by atoms with Crippen LogP contribution in [0.1, 0.15) is 16.4 Å². The number of carbonyl (C=O) groups excluding carboxylic acids is 1. The summed E-state index contributed by atoms with van der Waals surface area (Å²) in [4.78, 5) is 30.8. The molecule has 10 nitrogen and oxygen atoms in total. The van der Waals surface area contributed by atoms with Crippen LogP contribution in [0.5, 0.6) is 0 Å². The van der Waals surface area contributed by atoms with Crippen LogP contribution in [0.3, 0.4) is 0 Å². The summed E-state index contributed by atoms with van der Waals surface area (Å²) in [5, 5.41) is 10.1. The van der Waals surface area contributed by atoms with E-state index in [1.165, 1.54) is 22.5 Å². The minimum atomic E-state index is -0.641. The fourth-order valence-electron chi connectivity index (χ4n) is 1.76. The minimum Gasteiger partial charge on any atom is -0.463 e. The lowest BCUT2D eigenvalue weighted by Crippen LogP contribution is -2.14. The van der Waals surface area contributed by atoms with E-state index < -0.39 is 5.97 Å². The van der Waals surface area contributed by atoms with Gasteiger partial charge in [0.15, 0.2) is 11.5 Å². The average molecular weight is 275 g/mol. The summed E-state index contributed by atoms with van der Waals surface area (Å²) < 4.78 is 7.15. The molecule has 10 heteroatoms. The molecular formula is C10H9N7O3. The normalized spacial score (nSPS) is 10.9. The van der Waals surface area contributed by atoms with Crippen molar-refractivity contribution in [3.63, 3.8) is 0 Å². The summed E-state index contributed by atoms with van der Waals surface area (Å²) in [5.74, 6) is 0.104. The van der Waals surface area contributed by atoms with Gasteiger partial charge in [-0.25, -0.2) is 33.7 Å². The second-order valence-corrected chi connectivity index (χ2v) is 3.89. The van der Waals surface area contributed by atoms with Crippen LogP contribution in [0, 0.1) is 6.92 Å². The fourth-order valence-corrected chi connectivity index (χ4v) is 1.76. The lowest BCUT2D eigenvalue weighted by atomic mass is 10.5. The summed E-state index contributed by atoms with van der Waals surface area (Å²) in [6.45, 7) is 1.66. The van der Waals surface area contributed by atoms with Crippen molar-refractivity contribution in [1.29, 1.82) is 0 Å². The molecule has 0 unspecified atom stereocenters. The number of esters is 1. The van der Waals surface area contributed by atoms with Gasteiger partial charge in [0.05, 0.1) is 7.11 Å². The van der Waals surface area contributed by atoms with Crippen molar-refractivity contribution in [2.75, 3.05) is 7.11 Å². The van der Waals surface area contributed by atoms with Crippen LogP contribution < -0.4 is 5.69 Å². The second-order valence-electron chi connectivity index (χ2n) is 3.89. The van der Waals surface area contributed by atoms with Crippen LogP contribution in [0.25, 0.3) is 11.5 Å². The average Bonchev–Trinajstić information content (AvgIpc) is 3.05. The molecule has 0 amide bonds. The molecule has 20 heavy (non-hydrogen) atoms. The first-order valence-electron chi connectivity index (χ1n) is 5.55. The van der Waals surface area contributed by atoms with Crippen LogP contribution in [0.15, 0.2) is 17.2 Å². The molecule has 0 spiro atoms. The maximum Gasteiger partial charge on any atom is 0.377 e. The fraction of sp³-hybridized carbons (Fsp3) is 0.200. The van der Waals surface area contributed by atoms with Crippen molar-refractivity contribution >= 4 is 11.6 Å². The predicted molar refractivity (Wildman–Crippen MR) is 64.6 cm³/mol. The van der Waals surface area contributed by atoms with E-state index in [0.717, 1.165) is 0 Å². The van der Waals surface area contributed by atoms with Gasteiger partial charge in [-0.1, -0.05) is 0 Å². The van der Waals surface area contributed by atoms with Gasteiger partial charge < -0.3 is 4.74 Å². The Morgan fingerprint density at radius 2 is 2.25 bits per heavy atom.